The Morgan fingerprint density at radius 3 is 2.50 bits per heavy atom. The van der Waals surface area contributed by atoms with E-state index < -0.39 is 11.5 Å². The summed E-state index contributed by atoms with van der Waals surface area (Å²) >= 11 is 0. The van der Waals surface area contributed by atoms with Crippen LogP contribution in [0.2, 0.25) is 0 Å². The van der Waals surface area contributed by atoms with Crippen molar-refractivity contribution in [2.75, 3.05) is 7.11 Å². The first kappa shape index (κ1) is 10.7. The summed E-state index contributed by atoms with van der Waals surface area (Å²) in [5.74, 6) is -0.153. The van der Waals surface area contributed by atoms with Crippen molar-refractivity contribution in [3.05, 3.63) is 17.3 Å². The van der Waals surface area contributed by atoms with Crippen LogP contribution < -0.4 is 5.73 Å². The summed E-state index contributed by atoms with van der Waals surface area (Å²) in [4.78, 5) is 15.0. The van der Waals surface area contributed by atoms with E-state index in [1.54, 1.807) is 20.8 Å². The first-order valence-electron chi connectivity index (χ1n) is 4.21. The van der Waals surface area contributed by atoms with Gasteiger partial charge < -0.3 is 14.9 Å². The van der Waals surface area contributed by atoms with Crippen molar-refractivity contribution in [2.24, 2.45) is 5.73 Å². The number of methoxy groups -OCH3 is 1. The molecule has 78 valence electrons. The van der Waals surface area contributed by atoms with Crippen molar-refractivity contribution in [1.82, 2.24) is 4.98 Å². The fourth-order valence-corrected chi connectivity index (χ4v) is 1.17. The molecule has 1 heterocycles. The maximum atomic E-state index is 11.1. The van der Waals surface area contributed by atoms with Crippen LogP contribution in [0.4, 0.5) is 0 Å². The van der Waals surface area contributed by atoms with E-state index in [0.29, 0.717) is 11.5 Å². The molecule has 2 N–H and O–H groups in total. The van der Waals surface area contributed by atoms with Crippen LogP contribution in [0.25, 0.3) is 0 Å². The molecule has 0 unspecified atom stereocenters. The molecule has 0 aliphatic carbocycles. The molecule has 1 aromatic heterocycles. The lowest BCUT2D eigenvalue weighted by atomic mass is 10.0. The Hall–Kier alpha value is -1.36. The van der Waals surface area contributed by atoms with Crippen LogP contribution in [0.1, 0.15) is 36.0 Å². The molecule has 14 heavy (non-hydrogen) atoms. The molecular weight excluding hydrogens is 184 g/mol. The smallest absolute Gasteiger partial charge is 0.394 e. The van der Waals surface area contributed by atoms with E-state index in [9.17, 15) is 4.79 Å². The van der Waals surface area contributed by atoms with Gasteiger partial charge in [0, 0.05) is 0 Å². The van der Waals surface area contributed by atoms with Gasteiger partial charge in [0.25, 0.3) is 0 Å². The maximum Gasteiger partial charge on any atom is 0.394 e. The molecule has 0 bridgehead atoms. The fourth-order valence-electron chi connectivity index (χ4n) is 1.17. The van der Waals surface area contributed by atoms with Crippen molar-refractivity contribution in [3.8, 4) is 0 Å². The van der Waals surface area contributed by atoms with Gasteiger partial charge in [-0.15, -0.1) is 0 Å². The second-order valence-electron chi connectivity index (χ2n) is 3.65. The molecule has 0 fully saturated rings. The van der Waals surface area contributed by atoms with Crippen LogP contribution in [-0.4, -0.2) is 18.1 Å². The van der Waals surface area contributed by atoms with E-state index in [0.717, 1.165) is 0 Å². The molecule has 0 spiro atoms. The second kappa shape index (κ2) is 3.42. The molecule has 0 saturated carbocycles. The average molecular weight is 198 g/mol. The summed E-state index contributed by atoms with van der Waals surface area (Å²) in [6.45, 7) is 5.29. The number of ether oxygens (including phenoxy) is 1. The van der Waals surface area contributed by atoms with Crippen LogP contribution in [0.5, 0.6) is 0 Å². The van der Waals surface area contributed by atoms with Gasteiger partial charge in [-0.2, -0.15) is 0 Å². The van der Waals surface area contributed by atoms with Crippen LogP contribution >= 0.6 is 0 Å². The van der Waals surface area contributed by atoms with Gasteiger partial charge in [0.05, 0.1) is 18.3 Å². The van der Waals surface area contributed by atoms with Gasteiger partial charge in [-0.3, -0.25) is 0 Å². The van der Waals surface area contributed by atoms with Crippen LogP contribution in [0, 0.1) is 6.92 Å². The van der Waals surface area contributed by atoms with Gasteiger partial charge in [-0.1, -0.05) is 0 Å². The van der Waals surface area contributed by atoms with Gasteiger partial charge >= 0.3 is 11.9 Å². The third kappa shape index (κ3) is 1.93. The third-order valence-electron chi connectivity index (χ3n) is 1.74. The summed E-state index contributed by atoms with van der Waals surface area (Å²) < 4.78 is 9.70. The number of oxazole rings is 1. The molecule has 0 radical (unpaired) electrons. The van der Waals surface area contributed by atoms with E-state index >= 15 is 0 Å². The van der Waals surface area contributed by atoms with Crippen LogP contribution in [0.3, 0.4) is 0 Å². The predicted molar refractivity (Wildman–Crippen MR) is 49.8 cm³/mol. The molecule has 5 heteroatoms. The summed E-state index contributed by atoms with van der Waals surface area (Å²) in [5.41, 5.74) is 5.79. The molecule has 0 saturated heterocycles. The molecule has 1 rings (SSSR count). The SMILES string of the molecule is COC(=O)c1nc(C)c(C(C)(C)N)o1. The quantitative estimate of drug-likeness (QED) is 0.716. The molecule has 0 aromatic carbocycles. The van der Waals surface area contributed by atoms with Crippen molar-refractivity contribution in [2.45, 2.75) is 26.3 Å². The zero-order chi connectivity index (χ0) is 10.9. The molecule has 0 aliphatic heterocycles. The number of carbonyl (C=O) groups excluding carboxylic acids is 1. The first-order valence-corrected chi connectivity index (χ1v) is 4.21. The largest absolute Gasteiger partial charge is 0.462 e. The van der Waals surface area contributed by atoms with Crippen molar-refractivity contribution in [1.29, 1.82) is 0 Å². The van der Waals surface area contributed by atoms with Gasteiger partial charge in [0.2, 0.25) is 0 Å². The lowest BCUT2D eigenvalue weighted by molar-refractivity contribution is 0.0552. The molecule has 0 atom stereocenters. The minimum atomic E-state index is -0.649. The Kier molecular flexibility index (Phi) is 2.62. The number of esters is 1. The number of hydrogen-bond acceptors (Lipinski definition) is 5. The summed E-state index contributed by atoms with van der Waals surface area (Å²) in [7, 11) is 1.27. The van der Waals surface area contributed by atoms with Gasteiger partial charge in [0.15, 0.2) is 0 Å². The highest BCUT2D eigenvalue weighted by Gasteiger charge is 2.26. The molecule has 1 aromatic rings. The molecule has 0 amide bonds. The van der Waals surface area contributed by atoms with Gasteiger partial charge in [-0.05, 0) is 20.8 Å². The van der Waals surface area contributed by atoms with Crippen LogP contribution in [0.15, 0.2) is 4.42 Å². The number of aryl methyl sites for hydroxylation is 1. The number of nitrogens with zero attached hydrogens (tertiary/aromatic N) is 1. The summed E-state index contributed by atoms with van der Waals surface area (Å²) in [6, 6.07) is 0. The minimum Gasteiger partial charge on any atom is -0.462 e. The highest BCUT2D eigenvalue weighted by Crippen LogP contribution is 2.22. The monoisotopic (exact) mass is 198 g/mol. The Bertz CT molecular complexity index is 349. The zero-order valence-corrected chi connectivity index (χ0v) is 8.75. The first-order chi connectivity index (χ1) is 6.36. The van der Waals surface area contributed by atoms with E-state index in [-0.39, 0.29) is 5.89 Å². The lowest BCUT2D eigenvalue weighted by Crippen LogP contribution is -2.28. The van der Waals surface area contributed by atoms with E-state index in [1.165, 1.54) is 7.11 Å². The number of aromatic nitrogens is 1. The van der Waals surface area contributed by atoms with E-state index in [1.807, 2.05) is 0 Å². The molecule has 0 aliphatic rings. The maximum absolute atomic E-state index is 11.1. The number of carbonyl (C=O) groups is 1. The minimum absolute atomic E-state index is 0.0569. The Morgan fingerprint density at radius 2 is 2.14 bits per heavy atom. The summed E-state index contributed by atoms with van der Waals surface area (Å²) in [5, 5.41) is 0. The third-order valence-corrected chi connectivity index (χ3v) is 1.74. The standard InChI is InChI=1S/C9H14N2O3/c1-5-6(9(2,3)10)14-7(11-5)8(12)13-4/h10H2,1-4H3. The van der Waals surface area contributed by atoms with E-state index in [4.69, 9.17) is 10.2 Å². The van der Waals surface area contributed by atoms with Gasteiger partial charge in [-0.25, -0.2) is 9.78 Å². The van der Waals surface area contributed by atoms with Crippen molar-refractivity contribution in [3.63, 3.8) is 0 Å². The van der Waals surface area contributed by atoms with Crippen molar-refractivity contribution < 1.29 is 13.9 Å². The van der Waals surface area contributed by atoms with Gasteiger partial charge in [0.1, 0.15) is 5.76 Å². The average Bonchev–Trinajstić information content (AvgIpc) is 2.45. The summed E-state index contributed by atoms with van der Waals surface area (Å²) in [6.07, 6.45) is 0. The Morgan fingerprint density at radius 1 is 1.57 bits per heavy atom. The van der Waals surface area contributed by atoms with Crippen LogP contribution in [-0.2, 0) is 10.3 Å². The van der Waals surface area contributed by atoms with Crippen molar-refractivity contribution >= 4 is 5.97 Å². The number of nitrogens with two attached hydrogens (primary N) is 1. The zero-order valence-electron chi connectivity index (χ0n) is 8.75. The molecular formula is C9H14N2O3. The Labute approximate surface area is 82.2 Å². The number of rotatable bonds is 2. The highest BCUT2D eigenvalue weighted by atomic mass is 16.5. The lowest BCUT2D eigenvalue weighted by Gasteiger charge is -2.14. The Balaban J connectivity index is 3.12. The fraction of sp³-hybridized carbons (Fsp3) is 0.556. The predicted octanol–water partition coefficient (Wildman–Crippen LogP) is 0.963. The topological polar surface area (TPSA) is 78.3 Å². The normalized spacial score (nSPS) is 11.5. The molecule has 5 nitrogen and oxygen atoms in total. The highest BCUT2D eigenvalue weighted by molar-refractivity contribution is 5.84. The number of hydrogen-bond donors (Lipinski definition) is 1. The second-order valence-corrected chi connectivity index (χ2v) is 3.65. The van der Waals surface area contributed by atoms with E-state index in [2.05, 4.69) is 9.72 Å².